The predicted molar refractivity (Wildman–Crippen MR) is 55.2 cm³/mol. The maximum atomic E-state index is 12.3. The lowest BCUT2D eigenvalue weighted by Gasteiger charge is -2.35. The number of rotatable bonds is 1. The van der Waals surface area contributed by atoms with Crippen LogP contribution in [0, 0.1) is 23.7 Å². The van der Waals surface area contributed by atoms with Crippen LogP contribution < -0.4 is 0 Å². The number of aliphatic hydroxyl groups excluding tert-OH is 1. The van der Waals surface area contributed by atoms with Gasteiger partial charge in [-0.25, -0.2) is 0 Å². The monoisotopic (exact) mass is 223 g/mol. The van der Waals surface area contributed by atoms with Gasteiger partial charge in [-0.2, -0.15) is 0 Å². The van der Waals surface area contributed by atoms with Gasteiger partial charge in [-0.15, -0.1) is 0 Å². The Bertz CT molecular complexity index is 384. The molecule has 2 heterocycles. The number of fused-ring (bicyclic) bond motifs is 2. The Kier molecular flexibility index (Phi) is 1.45. The highest BCUT2D eigenvalue weighted by molar-refractivity contribution is 5.84. The first kappa shape index (κ1) is 9.42. The first-order valence-corrected chi connectivity index (χ1v) is 6.27. The van der Waals surface area contributed by atoms with Gasteiger partial charge in [0, 0.05) is 12.5 Å². The van der Waals surface area contributed by atoms with Gasteiger partial charge in [0.15, 0.2) is 0 Å². The van der Waals surface area contributed by atoms with Crippen LogP contribution in [0.2, 0.25) is 0 Å². The maximum absolute atomic E-state index is 12.3. The van der Waals surface area contributed by atoms with E-state index in [1.807, 2.05) is 18.7 Å². The van der Waals surface area contributed by atoms with E-state index in [-0.39, 0.29) is 23.8 Å². The minimum atomic E-state index is -0.432. The van der Waals surface area contributed by atoms with Crippen molar-refractivity contribution in [2.45, 2.75) is 38.2 Å². The molecule has 4 fully saturated rings. The molecule has 88 valence electrons. The molecule has 0 aromatic carbocycles. The fraction of sp³-hybridized carbons (Fsp3) is 0.917. The normalized spacial score (nSPS) is 61.4. The number of carbonyl (C=O) groups excluding carboxylic acids is 1. The van der Waals surface area contributed by atoms with E-state index in [4.69, 9.17) is 4.74 Å². The van der Waals surface area contributed by atoms with Crippen LogP contribution in [0.5, 0.6) is 0 Å². The van der Waals surface area contributed by atoms with Gasteiger partial charge in [0.05, 0.1) is 18.1 Å². The highest BCUT2D eigenvalue weighted by atomic mass is 16.6. The summed E-state index contributed by atoms with van der Waals surface area (Å²) in [6, 6.07) is 0. The highest BCUT2D eigenvalue weighted by Gasteiger charge is 2.76. The quantitative estimate of drug-likeness (QED) is 0.691. The standard InChI is InChI=1S/C12H17NO3/c1-3-13-11(15)7-5-4-6-8(7)12(13,2)16-10(6)9(5)14/h5-10,14H,3-4H2,1-2H3/t5-,6-,7-,8-,9+,10+,12-/m1/s1. The summed E-state index contributed by atoms with van der Waals surface area (Å²) in [5.74, 6) is 1.14. The summed E-state index contributed by atoms with van der Waals surface area (Å²) in [6.45, 7) is 4.75. The summed E-state index contributed by atoms with van der Waals surface area (Å²) in [7, 11) is 0. The first-order chi connectivity index (χ1) is 7.59. The molecule has 2 saturated carbocycles. The maximum Gasteiger partial charge on any atom is 0.228 e. The Balaban J connectivity index is 1.88. The Morgan fingerprint density at radius 3 is 3.00 bits per heavy atom. The number of nitrogens with zero attached hydrogens (tertiary/aromatic N) is 1. The second-order valence-electron chi connectivity index (χ2n) is 5.83. The van der Waals surface area contributed by atoms with Crippen molar-refractivity contribution in [1.82, 2.24) is 4.90 Å². The Hall–Kier alpha value is -0.610. The number of hydrogen-bond acceptors (Lipinski definition) is 3. The number of likely N-dealkylation sites (tertiary alicyclic amines) is 1. The Morgan fingerprint density at radius 1 is 1.56 bits per heavy atom. The molecule has 2 saturated heterocycles. The lowest BCUT2D eigenvalue weighted by Crippen LogP contribution is -2.48. The minimum absolute atomic E-state index is 0.0154. The van der Waals surface area contributed by atoms with Crippen LogP contribution in [0.15, 0.2) is 0 Å². The smallest absolute Gasteiger partial charge is 0.228 e. The molecule has 4 rings (SSSR count). The van der Waals surface area contributed by atoms with Crippen LogP contribution in [-0.4, -0.2) is 40.4 Å². The number of aliphatic hydroxyl groups is 1. The van der Waals surface area contributed by atoms with Gasteiger partial charge in [0.1, 0.15) is 5.72 Å². The average Bonchev–Trinajstić information content (AvgIpc) is 2.86. The molecule has 2 aliphatic carbocycles. The molecule has 2 bridgehead atoms. The van der Waals surface area contributed by atoms with Gasteiger partial charge in [0.2, 0.25) is 5.91 Å². The zero-order chi connectivity index (χ0) is 11.2. The summed E-state index contributed by atoms with van der Waals surface area (Å²) in [5.41, 5.74) is -0.432. The molecule has 4 aliphatic rings. The molecule has 0 aromatic heterocycles. The van der Waals surface area contributed by atoms with E-state index in [1.165, 1.54) is 0 Å². The van der Waals surface area contributed by atoms with Crippen molar-refractivity contribution < 1.29 is 14.6 Å². The van der Waals surface area contributed by atoms with Crippen LogP contribution in [0.1, 0.15) is 20.3 Å². The molecule has 4 nitrogen and oxygen atoms in total. The summed E-state index contributed by atoms with van der Waals surface area (Å²) < 4.78 is 6.06. The van der Waals surface area contributed by atoms with E-state index in [1.54, 1.807) is 0 Å². The van der Waals surface area contributed by atoms with Crippen molar-refractivity contribution in [2.24, 2.45) is 23.7 Å². The fourth-order valence-corrected chi connectivity index (χ4v) is 5.02. The van der Waals surface area contributed by atoms with Gasteiger partial charge in [-0.1, -0.05) is 0 Å². The van der Waals surface area contributed by atoms with Crippen molar-refractivity contribution >= 4 is 5.91 Å². The third-order valence-corrected chi connectivity index (χ3v) is 5.45. The zero-order valence-corrected chi connectivity index (χ0v) is 9.59. The molecule has 4 heteroatoms. The molecule has 7 atom stereocenters. The average molecular weight is 223 g/mol. The molecule has 1 N–H and O–H groups in total. The van der Waals surface area contributed by atoms with Gasteiger partial charge in [0.25, 0.3) is 0 Å². The van der Waals surface area contributed by atoms with E-state index in [0.717, 1.165) is 6.42 Å². The van der Waals surface area contributed by atoms with E-state index >= 15 is 0 Å². The minimum Gasteiger partial charge on any atom is -0.390 e. The van der Waals surface area contributed by atoms with Gasteiger partial charge in [-0.05, 0) is 32.1 Å². The van der Waals surface area contributed by atoms with Crippen LogP contribution in [-0.2, 0) is 9.53 Å². The molecular weight excluding hydrogens is 206 g/mol. The highest BCUT2D eigenvalue weighted by Crippen LogP contribution is 2.67. The van der Waals surface area contributed by atoms with Crippen LogP contribution in [0.25, 0.3) is 0 Å². The molecule has 1 amide bonds. The number of carbonyl (C=O) groups is 1. The topological polar surface area (TPSA) is 49.8 Å². The molecule has 16 heavy (non-hydrogen) atoms. The number of amides is 1. The second-order valence-corrected chi connectivity index (χ2v) is 5.83. The SMILES string of the molecule is CCN1C(=O)[C@@H]2[C@H]3C[C@H]4[C@H](O[C@]1(C)[C@H]42)[C@H]3O. The van der Waals surface area contributed by atoms with E-state index in [0.29, 0.717) is 18.4 Å². The van der Waals surface area contributed by atoms with E-state index < -0.39 is 11.8 Å². The lowest BCUT2D eigenvalue weighted by atomic mass is 9.77. The van der Waals surface area contributed by atoms with Crippen LogP contribution in [0.3, 0.4) is 0 Å². The van der Waals surface area contributed by atoms with Gasteiger partial charge in [-0.3, -0.25) is 4.79 Å². The summed E-state index contributed by atoms with van der Waals surface area (Å²) in [4.78, 5) is 14.2. The molecule has 0 aromatic rings. The largest absolute Gasteiger partial charge is 0.390 e. The van der Waals surface area contributed by atoms with E-state index in [9.17, 15) is 9.90 Å². The molecular formula is C12H17NO3. The zero-order valence-electron chi connectivity index (χ0n) is 9.59. The van der Waals surface area contributed by atoms with E-state index in [2.05, 4.69) is 0 Å². The fourth-order valence-electron chi connectivity index (χ4n) is 5.02. The van der Waals surface area contributed by atoms with Gasteiger partial charge < -0.3 is 14.7 Å². The summed E-state index contributed by atoms with van der Waals surface area (Å²) >= 11 is 0. The molecule has 0 spiro atoms. The molecule has 0 unspecified atom stereocenters. The molecule has 2 aliphatic heterocycles. The first-order valence-electron chi connectivity index (χ1n) is 6.27. The van der Waals surface area contributed by atoms with Crippen molar-refractivity contribution in [3.8, 4) is 0 Å². The third kappa shape index (κ3) is 0.695. The van der Waals surface area contributed by atoms with Gasteiger partial charge >= 0.3 is 0 Å². The van der Waals surface area contributed by atoms with Crippen LogP contribution >= 0.6 is 0 Å². The number of ether oxygens (including phenoxy) is 1. The van der Waals surface area contributed by atoms with Crippen molar-refractivity contribution in [1.29, 1.82) is 0 Å². The second kappa shape index (κ2) is 2.46. The summed E-state index contributed by atoms with van der Waals surface area (Å²) in [6.07, 6.45) is 0.564. The lowest BCUT2D eigenvalue weighted by molar-refractivity contribution is -0.171. The predicted octanol–water partition coefficient (Wildman–Crippen LogP) is 0.207. The van der Waals surface area contributed by atoms with Crippen molar-refractivity contribution in [3.05, 3.63) is 0 Å². The summed E-state index contributed by atoms with van der Waals surface area (Å²) in [5, 5.41) is 10.1. The van der Waals surface area contributed by atoms with Crippen molar-refractivity contribution in [3.63, 3.8) is 0 Å². The number of hydrogen-bond donors (Lipinski definition) is 1. The van der Waals surface area contributed by atoms with Crippen LogP contribution in [0.4, 0.5) is 0 Å². The third-order valence-electron chi connectivity index (χ3n) is 5.45. The Morgan fingerprint density at radius 2 is 2.31 bits per heavy atom. The van der Waals surface area contributed by atoms with Crippen molar-refractivity contribution in [2.75, 3.05) is 6.54 Å². The Labute approximate surface area is 94.6 Å². The molecule has 0 radical (unpaired) electrons.